The van der Waals surface area contributed by atoms with Crippen LogP contribution in [0.3, 0.4) is 0 Å². The summed E-state index contributed by atoms with van der Waals surface area (Å²) in [7, 11) is 0. The first-order chi connectivity index (χ1) is 7.78. The van der Waals surface area contributed by atoms with E-state index in [1.54, 1.807) is 0 Å². The van der Waals surface area contributed by atoms with E-state index < -0.39 is 0 Å². The molecule has 0 bridgehead atoms. The third-order valence-corrected chi connectivity index (χ3v) is 3.02. The third kappa shape index (κ3) is 2.85. The lowest BCUT2D eigenvalue weighted by molar-refractivity contribution is 0.616. The van der Waals surface area contributed by atoms with E-state index in [9.17, 15) is 0 Å². The second-order valence-electron chi connectivity index (χ2n) is 4.00. The van der Waals surface area contributed by atoms with Gasteiger partial charge in [0.25, 0.3) is 0 Å². The molecular weight excluding hydrogens is 198 g/mol. The second-order valence-corrected chi connectivity index (χ2v) is 4.00. The van der Waals surface area contributed by atoms with Gasteiger partial charge in [-0.1, -0.05) is 20.8 Å². The Balaban J connectivity index is 2.88. The first kappa shape index (κ1) is 13.2. The average Bonchev–Trinajstić information content (AvgIpc) is 2.66. The molecule has 0 aliphatic carbocycles. The van der Waals surface area contributed by atoms with Crippen LogP contribution in [0.1, 0.15) is 44.6 Å². The lowest BCUT2D eigenvalue weighted by Crippen LogP contribution is -2.17. The van der Waals surface area contributed by atoms with Gasteiger partial charge in [-0.15, -0.1) is 0 Å². The van der Waals surface area contributed by atoms with Gasteiger partial charge >= 0.3 is 0 Å². The topological polar surface area (TPSA) is 29.9 Å². The first-order valence-corrected chi connectivity index (χ1v) is 6.56. The highest BCUT2D eigenvalue weighted by molar-refractivity contribution is 5.27. The van der Waals surface area contributed by atoms with Crippen molar-refractivity contribution < 1.29 is 0 Å². The first-order valence-electron chi connectivity index (χ1n) is 6.56. The Labute approximate surface area is 99.2 Å². The quantitative estimate of drug-likeness (QED) is 0.718. The molecule has 1 heterocycles. The number of aromatic nitrogens is 2. The molecule has 1 N–H and O–H groups in total. The lowest BCUT2D eigenvalue weighted by Gasteiger charge is -2.06. The Morgan fingerprint density at radius 2 is 1.88 bits per heavy atom. The van der Waals surface area contributed by atoms with Gasteiger partial charge in [0.1, 0.15) is 0 Å². The number of nitrogens with one attached hydrogen (secondary N) is 1. The van der Waals surface area contributed by atoms with Gasteiger partial charge in [0.05, 0.1) is 5.69 Å². The van der Waals surface area contributed by atoms with Gasteiger partial charge in [0.2, 0.25) is 0 Å². The Hall–Kier alpha value is -0.830. The van der Waals surface area contributed by atoms with E-state index in [2.05, 4.69) is 42.8 Å². The fourth-order valence-corrected chi connectivity index (χ4v) is 2.21. The van der Waals surface area contributed by atoms with Gasteiger partial charge in [-0.25, -0.2) is 0 Å². The Bertz CT molecular complexity index is 315. The van der Waals surface area contributed by atoms with Gasteiger partial charge in [0.15, 0.2) is 0 Å². The van der Waals surface area contributed by atoms with Crippen molar-refractivity contribution in [3.63, 3.8) is 0 Å². The molecule has 0 aliphatic rings. The molecular formula is C13H25N3. The van der Waals surface area contributed by atoms with Crippen LogP contribution in [0.5, 0.6) is 0 Å². The summed E-state index contributed by atoms with van der Waals surface area (Å²) in [6.45, 7) is 11.8. The van der Waals surface area contributed by atoms with Crippen molar-refractivity contribution in [2.45, 2.75) is 53.5 Å². The largest absolute Gasteiger partial charge is 0.317 e. The van der Waals surface area contributed by atoms with E-state index in [0.717, 1.165) is 38.9 Å². The van der Waals surface area contributed by atoms with E-state index in [-0.39, 0.29) is 0 Å². The maximum atomic E-state index is 4.69. The van der Waals surface area contributed by atoms with Crippen LogP contribution in [0.4, 0.5) is 0 Å². The summed E-state index contributed by atoms with van der Waals surface area (Å²) >= 11 is 0. The van der Waals surface area contributed by atoms with Crippen molar-refractivity contribution in [2.75, 3.05) is 13.1 Å². The number of hydrogen-bond acceptors (Lipinski definition) is 2. The fourth-order valence-electron chi connectivity index (χ4n) is 2.21. The van der Waals surface area contributed by atoms with Gasteiger partial charge in [-0.3, -0.25) is 4.68 Å². The molecule has 1 rings (SSSR count). The average molecular weight is 223 g/mol. The van der Waals surface area contributed by atoms with Crippen LogP contribution in [-0.2, 0) is 25.8 Å². The molecule has 0 fully saturated rings. The normalized spacial score (nSPS) is 11.0. The van der Waals surface area contributed by atoms with E-state index in [1.165, 1.54) is 17.0 Å². The summed E-state index contributed by atoms with van der Waals surface area (Å²) in [5.74, 6) is 0. The molecule has 16 heavy (non-hydrogen) atoms. The minimum Gasteiger partial charge on any atom is -0.317 e. The van der Waals surface area contributed by atoms with E-state index in [0.29, 0.717) is 0 Å². The molecule has 0 aromatic carbocycles. The molecule has 0 unspecified atom stereocenters. The highest BCUT2D eigenvalue weighted by atomic mass is 15.3. The summed E-state index contributed by atoms with van der Waals surface area (Å²) in [4.78, 5) is 0. The zero-order valence-electron chi connectivity index (χ0n) is 11.1. The summed E-state index contributed by atoms with van der Waals surface area (Å²) in [6, 6.07) is 0. The molecule has 3 heteroatoms. The molecule has 0 aliphatic heterocycles. The maximum Gasteiger partial charge on any atom is 0.0657 e. The van der Waals surface area contributed by atoms with Gasteiger partial charge in [-0.2, -0.15) is 5.10 Å². The highest BCUT2D eigenvalue weighted by Gasteiger charge is 2.13. The number of hydrogen-bond donors (Lipinski definition) is 1. The van der Waals surface area contributed by atoms with Gasteiger partial charge < -0.3 is 5.32 Å². The number of nitrogens with zero attached hydrogens (tertiary/aromatic N) is 2. The van der Waals surface area contributed by atoms with Crippen LogP contribution < -0.4 is 5.32 Å². The van der Waals surface area contributed by atoms with Crippen LogP contribution >= 0.6 is 0 Å². The molecule has 0 atom stereocenters. The van der Waals surface area contributed by atoms with Gasteiger partial charge in [0, 0.05) is 12.2 Å². The Kier molecular flexibility index (Phi) is 5.53. The van der Waals surface area contributed by atoms with E-state index >= 15 is 0 Å². The molecule has 0 radical (unpaired) electrons. The zero-order chi connectivity index (χ0) is 12.0. The maximum absolute atomic E-state index is 4.69. The van der Waals surface area contributed by atoms with Crippen molar-refractivity contribution in [2.24, 2.45) is 0 Å². The summed E-state index contributed by atoms with van der Waals surface area (Å²) in [5, 5.41) is 8.08. The van der Waals surface area contributed by atoms with Crippen LogP contribution in [0.2, 0.25) is 0 Å². The molecule has 0 saturated carbocycles. The van der Waals surface area contributed by atoms with Crippen LogP contribution in [0, 0.1) is 0 Å². The van der Waals surface area contributed by atoms with Crippen LogP contribution in [0.15, 0.2) is 0 Å². The third-order valence-electron chi connectivity index (χ3n) is 3.02. The molecule has 1 aromatic rings. The molecule has 92 valence electrons. The smallest absolute Gasteiger partial charge is 0.0657 e. The highest BCUT2D eigenvalue weighted by Crippen LogP contribution is 2.16. The predicted molar refractivity (Wildman–Crippen MR) is 68.9 cm³/mol. The lowest BCUT2D eigenvalue weighted by atomic mass is 10.1. The fraction of sp³-hybridized carbons (Fsp3) is 0.769. The predicted octanol–water partition coefficient (Wildman–Crippen LogP) is 2.18. The molecule has 0 spiro atoms. The summed E-state index contributed by atoms with van der Waals surface area (Å²) in [5.41, 5.74) is 4.20. The summed E-state index contributed by atoms with van der Waals surface area (Å²) in [6.07, 6.45) is 3.24. The molecule has 0 saturated heterocycles. The van der Waals surface area contributed by atoms with Crippen molar-refractivity contribution in [3.8, 4) is 0 Å². The standard InChI is InChI=1S/C13H25N3/c1-5-12-11(9-10-14-7-3)13(6-2)16(8-4)15-12/h14H,5-10H2,1-4H3. The number of likely N-dealkylation sites (N-methyl/N-ethyl adjacent to an activating group) is 1. The van der Waals surface area contributed by atoms with Crippen LogP contribution in [-0.4, -0.2) is 22.9 Å². The molecule has 1 aromatic heterocycles. The number of rotatable bonds is 7. The summed E-state index contributed by atoms with van der Waals surface area (Å²) < 4.78 is 2.17. The van der Waals surface area contributed by atoms with E-state index in [4.69, 9.17) is 0 Å². The minimum absolute atomic E-state index is 0.984. The monoisotopic (exact) mass is 223 g/mol. The molecule has 3 nitrogen and oxygen atoms in total. The number of aryl methyl sites for hydroxylation is 2. The van der Waals surface area contributed by atoms with Crippen molar-refractivity contribution in [3.05, 3.63) is 17.0 Å². The SMILES string of the molecule is CCNCCc1c(CC)nn(CC)c1CC. The van der Waals surface area contributed by atoms with Crippen molar-refractivity contribution in [1.82, 2.24) is 15.1 Å². The van der Waals surface area contributed by atoms with Gasteiger partial charge in [-0.05, 0) is 44.8 Å². The van der Waals surface area contributed by atoms with Crippen molar-refractivity contribution in [1.29, 1.82) is 0 Å². The minimum atomic E-state index is 0.984. The van der Waals surface area contributed by atoms with E-state index in [1.807, 2.05) is 0 Å². The Morgan fingerprint density at radius 3 is 2.38 bits per heavy atom. The van der Waals surface area contributed by atoms with Crippen LogP contribution in [0.25, 0.3) is 0 Å². The Morgan fingerprint density at radius 1 is 1.12 bits per heavy atom. The second kappa shape index (κ2) is 6.69. The molecule has 0 amide bonds. The zero-order valence-corrected chi connectivity index (χ0v) is 11.1. The van der Waals surface area contributed by atoms with Crippen molar-refractivity contribution >= 4 is 0 Å².